The highest BCUT2D eigenvalue weighted by Gasteiger charge is 2.17. The van der Waals surface area contributed by atoms with E-state index in [1.807, 2.05) is 25.1 Å². The van der Waals surface area contributed by atoms with E-state index in [1.165, 1.54) is 30.4 Å². The molecule has 0 saturated heterocycles. The van der Waals surface area contributed by atoms with E-state index in [1.54, 1.807) is 23.7 Å². The summed E-state index contributed by atoms with van der Waals surface area (Å²) >= 11 is 1.71. The average Bonchev–Trinajstić information content (AvgIpc) is 3.36. The molecule has 0 aliphatic heterocycles. The summed E-state index contributed by atoms with van der Waals surface area (Å²) in [6, 6.07) is 12.6. The number of aromatic nitrogens is 4. The van der Waals surface area contributed by atoms with Gasteiger partial charge in [0.25, 0.3) is 0 Å². The Hall–Kier alpha value is -3.06. The van der Waals surface area contributed by atoms with Gasteiger partial charge >= 0.3 is 0 Å². The van der Waals surface area contributed by atoms with Gasteiger partial charge in [0.2, 0.25) is 5.95 Å². The second-order valence-electron chi connectivity index (χ2n) is 7.36. The molecule has 0 spiro atoms. The van der Waals surface area contributed by atoms with Crippen molar-refractivity contribution in [3.05, 3.63) is 53.8 Å². The number of thiazole rings is 1. The molecule has 2 N–H and O–H groups in total. The lowest BCUT2D eigenvalue weighted by Crippen LogP contribution is -2.17. The van der Waals surface area contributed by atoms with Crippen molar-refractivity contribution in [1.82, 2.24) is 19.9 Å². The number of benzene rings is 1. The van der Waals surface area contributed by atoms with Gasteiger partial charge in [0.15, 0.2) is 0 Å². The first-order chi connectivity index (χ1) is 14.2. The Morgan fingerprint density at radius 2 is 1.79 bits per heavy atom. The van der Waals surface area contributed by atoms with Gasteiger partial charge < -0.3 is 10.6 Å². The Morgan fingerprint density at radius 1 is 0.966 bits per heavy atom. The van der Waals surface area contributed by atoms with Crippen molar-refractivity contribution < 1.29 is 0 Å². The van der Waals surface area contributed by atoms with Crippen LogP contribution in [0.3, 0.4) is 0 Å². The fourth-order valence-corrected chi connectivity index (χ4v) is 4.57. The summed E-state index contributed by atoms with van der Waals surface area (Å²) in [6.45, 7) is 2.03. The summed E-state index contributed by atoms with van der Waals surface area (Å²) in [5.41, 5.74) is 3.86. The molecular formula is C22H22N6S. The minimum atomic E-state index is 0.449. The monoisotopic (exact) mass is 402 g/mol. The zero-order chi connectivity index (χ0) is 19.6. The van der Waals surface area contributed by atoms with E-state index in [0.717, 1.165) is 33.3 Å². The second-order valence-corrected chi connectivity index (χ2v) is 8.60. The summed E-state index contributed by atoms with van der Waals surface area (Å²) in [7, 11) is 0. The first-order valence-corrected chi connectivity index (χ1v) is 10.7. The minimum Gasteiger partial charge on any atom is -0.351 e. The lowest BCUT2D eigenvalue weighted by molar-refractivity contribution is 0.744. The predicted molar refractivity (Wildman–Crippen MR) is 119 cm³/mol. The highest BCUT2D eigenvalue weighted by atomic mass is 32.1. The molecule has 1 saturated carbocycles. The molecule has 0 unspecified atom stereocenters. The van der Waals surface area contributed by atoms with Gasteiger partial charge in [-0.3, -0.25) is 4.98 Å². The van der Waals surface area contributed by atoms with Gasteiger partial charge in [0.1, 0.15) is 5.82 Å². The quantitative estimate of drug-likeness (QED) is 0.455. The summed E-state index contributed by atoms with van der Waals surface area (Å²) in [5.74, 6) is 1.43. The molecule has 3 aromatic heterocycles. The van der Waals surface area contributed by atoms with Gasteiger partial charge in [0, 0.05) is 35.8 Å². The van der Waals surface area contributed by atoms with Crippen LogP contribution in [0.1, 0.15) is 30.7 Å². The van der Waals surface area contributed by atoms with E-state index in [0.29, 0.717) is 12.0 Å². The number of aryl methyl sites for hydroxylation is 1. The third-order valence-electron chi connectivity index (χ3n) is 5.16. The van der Waals surface area contributed by atoms with Gasteiger partial charge in [-0.25, -0.2) is 9.97 Å². The number of nitrogens with one attached hydrogen (secondary N) is 2. The Balaban J connectivity index is 1.49. The number of pyridine rings is 1. The Kier molecular flexibility index (Phi) is 4.81. The van der Waals surface area contributed by atoms with Crippen LogP contribution in [0, 0.1) is 6.92 Å². The second kappa shape index (κ2) is 7.75. The van der Waals surface area contributed by atoms with Crippen molar-refractivity contribution in [1.29, 1.82) is 0 Å². The topological polar surface area (TPSA) is 75.6 Å². The number of fused-ring (bicyclic) bond motifs is 1. The van der Waals surface area contributed by atoms with Crippen molar-refractivity contribution in [2.75, 3.05) is 10.6 Å². The first kappa shape index (κ1) is 18.0. The molecule has 0 radical (unpaired) electrons. The molecule has 1 fully saturated rings. The molecule has 0 amide bonds. The Labute approximate surface area is 173 Å². The Morgan fingerprint density at radius 3 is 2.62 bits per heavy atom. The number of anilines is 3. The van der Waals surface area contributed by atoms with Crippen molar-refractivity contribution in [3.63, 3.8) is 0 Å². The van der Waals surface area contributed by atoms with E-state index >= 15 is 0 Å². The third-order valence-corrected chi connectivity index (χ3v) is 6.11. The molecule has 146 valence electrons. The van der Waals surface area contributed by atoms with Crippen molar-refractivity contribution in [2.45, 2.75) is 38.6 Å². The number of hydrogen-bond acceptors (Lipinski definition) is 7. The van der Waals surface area contributed by atoms with Gasteiger partial charge in [-0.05, 0) is 50.1 Å². The summed E-state index contributed by atoms with van der Waals surface area (Å²) < 4.78 is 1.19. The van der Waals surface area contributed by atoms with Crippen LogP contribution in [-0.4, -0.2) is 26.0 Å². The van der Waals surface area contributed by atoms with Crippen LogP contribution < -0.4 is 10.6 Å². The molecule has 7 heteroatoms. The van der Waals surface area contributed by atoms with Gasteiger partial charge in [0.05, 0.1) is 20.9 Å². The van der Waals surface area contributed by atoms with Gasteiger partial charge in [-0.2, -0.15) is 4.98 Å². The van der Waals surface area contributed by atoms with Crippen LogP contribution in [0.4, 0.5) is 17.5 Å². The van der Waals surface area contributed by atoms with Crippen LogP contribution in [0.5, 0.6) is 0 Å². The lowest BCUT2D eigenvalue weighted by Gasteiger charge is -2.15. The molecule has 6 nitrogen and oxygen atoms in total. The maximum absolute atomic E-state index is 4.76. The highest BCUT2D eigenvalue weighted by molar-refractivity contribution is 7.18. The average molecular weight is 403 g/mol. The van der Waals surface area contributed by atoms with E-state index in [-0.39, 0.29) is 0 Å². The molecule has 0 atom stereocenters. The van der Waals surface area contributed by atoms with Crippen LogP contribution in [0.25, 0.3) is 21.5 Å². The number of rotatable bonds is 5. The van der Waals surface area contributed by atoms with E-state index in [9.17, 15) is 0 Å². The minimum absolute atomic E-state index is 0.449. The first-order valence-electron chi connectivity index (χ1n) is 9.93. The predicted octanol–water partition coefficient (Wildman–Crippen LogP) is 5.55. The fourth-order valence-electron chi connectivity index (χ4n) is 3.77. The molecule has 3 heterocycles. The zero-order valence-electron chi connectivity index (χ0n) is 16.2. The SMILES string of the molecule is Cc1nc2cc(Nc3cc(-c4ccncc4)nc(NC4CCCC4)n3)ccc2s1. The fraction of sp³-hybridized carbons (Fsp3) is 0.273. The molecule has 1 aromatic carbocycles. The highest BCUT2D eigenvalue weighted by Crippen LogP contribution is 2.28. The number of nitrogens with zero attached hydrogens (tertiary/aromatic N) is 4. The van der Waals surface area contributed by atoms with Crippen LogP contribution >= 0.6 is 11.3 Å². The van der Waals surface area contributed by atoms with Gasteiger partial charge in [-0.15, -0.1) is 11.3 Å². The standard InChI is InChI=1S/C22H22N6S/c1-14-24-19-12-17(6-7-20(19)29-14)25-21-13-18(15-8-10-23-11-9-15)27-22(28-21)26-16-4-2-3-5-16/h6-13,16H,2-5H2,1H3,(H2,25,26,27,28). The van der Waals surface area contributed by atoms with Gasteiger partial charge in [-0.1, -0.05) is 12.8 Å². The Bertz CT molecular complexity index is 1130. The molecule has 4 aromatic rings. The van der Waals surface area contributed by atoms with Crippen LogP contribution in [0.15, 0.2) is 48.8 Å². The maximum Gasteiger partial charge on any atom is 0.225 e. The van der Waals surface area contributed by atoms with Crippen LogP contribution in [-0.2, 0) is 0 Å². The number of hydrogen-bond donors (Lipinski definition) is 2. The molecule has 0 bridgehead atoms. The summed E-state index contributed by atoms with van der Waals surface area (Å²) in [5, 5.41) is 8.03. The normalized spacial score (nSPS) is 14.4. The molecular weight excluding hydrogens is 380 g/mol. The molecule has 5 rings (SSSR count). The van der Waals surface area contributed by atoms with Crippen molar-refractivity contribution >= 4 is 39.0 Å². The molecule has 29 heavy (non-hydrogen) atoms. The lowest BCUT2D eigenvalue weighted by atomic mass is 10.2. The zero-order valence-corrected chi connectivity index (χ0v) is 17.0. The van der Waals surface area contributed by atoms with E-state index in [2.05, 4.69) is 38.8 Å². The molecule has 1 aliphatic rings. The smallest absolute Gasteiger partial charge is 0.225 e. The van der Waals surface area contributed by atoms with Crippen molar-refractivity contribution in [3.8, 4) is 11.3 Å². The van der Waals surface area contributed by atoms with Crippen LogP contribution in [0.2, 0.25) is 0 Å². The van der Waals surface area contributed by atoms with Crippen molar-refractivity contribution in [2.24, 2.45) is 0 Å². The molecule has 1 aliphatic carbocycles. The van der Waals surface area contributed by atoms with E-state index in [4.69, 9.17) is 9.97 Å². The van der Waals surface area contributed by atoms with E-state index < -0.39 is 0 Å². The summed E-state index contributed by atoms with van der Waals surface area (Å²) in [6.07, 6.45) is 8.44. The largest absolute Gasteiger partial charge is 0.351 e. The third kappa shape index (κ3) is 4.05. The maximum atomic E-state index is 4.76. The summed E-state index contributed by atoms with van der Waals surface area (Å²) in [4.78, 5) is 18.2.